The Morgan fingerprint density at radius 2 is 1.76 bits per heavy atom. The molecule has 2 aromatic rings. The third-order valence-corrected chi connectivity index (χ3v) is 10.8. The maximum atomic E-state index is 11.1. The number of rotatable bonds is 10. The average molecular weight is 474 g/mol. The summed E-state index contributed by atoms with van der Waals surface area (Å²) in [7, 11) is -2.06. The van der Waals surface area contributed by atoms with E-state index in [9.17, 15) is 15.0 Å². The van der Waals surface area contributed by atoms with Gasteiger partial charge in [0.2, 0.25) is 0 Å². The number of esters is 1. The van der Waals surface area contributed by atoms with Gasteiger partial charge in [0.15, 0.2) is 8.32 Å². The second kappa shape index (κ2) is 11.3. The van der Waals surface area contributed by atoms with Crippen molar-refractivity contribution < 1.29 is 24.2 Å². The van der Waals surface area contributed by atoms with E-state index in [0.29, 0.717) is 17.9 Å². The van der Waals surface area contributed by atoms with Gasteiger partial charge in [-0.2, -0.15) is 0 Å². The normalized spacial score (nSPS) is 14.1. The van der Waals surface area contributed by atoms with Crippen molar-refractivity contribution in [3.8, 4) is 11.5 Å². The van der Waals surface area contributed by atoms with Crippen molar-refractivity contribution in [2.75, 3.05) is 6.54 Å². The molecule has 3 N–H and O–H groups in total. The Labute approximate surface area is 199 Å². The van der Waals surface area contributed by atoms with Crippen LogP contribution < -0.4 is 10.1 Å². The number of aliphatic hydroxyl groups is 1. The largest absolute Gasteiger partial charge is 0.508 e. The van der Waals surface area contributed by atoms with Crippen LogP contribution in [0.25, 0.3) is 0 Å². The van der Waals surface area contributed by atoms with Crippen molar-refractivity contribution in [3.63, 3.8) is 0 Å². The lowest BCUT2D eigenvalue weighted by atomic mass is 10.0. The smallest absolute Gasteiger partial charge is 0.308 e. The number of ether oxygens (including phenoxy) is 1. The molecule has 7 heteroatoms. The first-order valence-electron chi connectivity index (χ1n) is 11.4. The summed E-state index contributed by atoms with van der Waals surface area (Å²) in [5, 5.41) is 23.2. The van der Waals surface area contributed by atoms with Crippen molar-refractivity contribution in [1.82, 2.24) is 5.32 Å². The first-order chi connectivity index (χ1) is 15.3. The number of carbonyl (C=O) groups is 1. The number of hydrogen-bond acceptors (Lipinski definition) is 6. The maximum absolute atomic E-state index is 11.1. The second-order valence-corrected chi connectivity index (χ2v) is 14.9. The minimum atomic E-state index is -2.06. The lowest BCUT2D eigenvalue weighted by Gasteiger charge is -2.40. The molecular formula is C26H39NO5Si. The van der Waals surface area contributed by atoms with Crippen LogP contribution in [0.2, 0.25) is 18.1 Å². The Balaban J connectivity index is 2.13. The van der Waals surface area contributed by atoms with Gasteiger partial charge in [-0.15, -0.1) is 0 Å². The molecule has 0 aliphatic rings. The van der Waals surface area contributed by atoms with E-state index in [-0.39, 0.29) is 35.5 Å². The standard InChI is InChI=1S/C26H39NO5Si/c1-18(14-20-8-11-23(12-9-20)31-19(2)29)27-16-25(32-33(6,7)26(3,4)5)21-10-13-24(30)22(15-21)17-28/h8-13,15,18,25,27-28,30H,14,16-17H2,1-7H3. The van der Waals surface area contributed by atoms with Gasteiger partial charge in [-0.3, -0.25) is 4.79 Å². The monoisotopic (exact) mass is 473 g/mol. The van der Waals surface area contributed by atoms with E-state index in [1.54, 1.807) is 18.2 Å². The van der Waals surface area contributed by atoms with E-state index in [1.165, 1.54) is 6.92 Å². The third-order valence-electron chi connectivity index (χ3n) is 6.27. The molecule has 0 aromatic heterocycles. The van der Waals surface area contributed by atoms with E-state index in [2.05, 4.69) is 46.1 Å². The molecule has 0 heterocycles. The van der Waals surface area contributed by atoms with Crippen LogP contribution in [-0.2, 0) is 22.2 Å². The van der Waals surface area contributed by atoms with Gasteiger partial charge in [0.05, 0.1) is 12.7 Å². The summed E-state index contributed by atoms with van der Waals surface area (Å²) in [6.45, 7) is 15.0. The van der Waals surface area contributed by atoms with E-state index < -0.39 is 8.32 Å². The summed E-state index contributed by atoms with van der Waals surface area (Å²) < 4.78 is 11.8. The van der Waals surface area contributed by atoms with Gasteiger partial charge < -0.3 is 24.7 Å². The topological polar surface area (TPSA) is 88.0 Å². The molecule has 0 saturated heterocycles. The van der Waals surface area contributed by atoms with Crippen molar-refractivity contribution in [2.24, 2.45) is 0 Å². The highest BCUT2D eigenvalue weighted by Gasteiger charge is 2.39. The van der Waals surface area contributed by atoms with E-state index in [1.807, 2.05) is 24.3 Å². The molecule has 2 atom stereocenters. The maximum Gasteiger partial charge on any atom is 0.308 e. The summed E-state index contributed by atoms with van der Waals surface area (Å²) in [6, 6.07) is 13.0. The van der Waals surface area contributed by atoms with Gasteiger partial charge in [-0.25, -0.2) is 0 Å². The highest BCUT2D eigenvalue weighted by atomic mass is 28.4. The number of aromatic hydroxyl groups is 1. The van der Waals surface area contributed by atoms with Crippen molar-refractivity contribution in [2.45, 2.75) is 77.9 Å². The quantitative estimate of drug-likeness (QED) is 0.253. The lowest BCUT2D eigenvalue weighted by Crippen LogP contribution is -2.44. The molecular weight excluding hydrogens is 434 g/mol. The molecule has 6 nitrogen and oxygen atoms in total. The molecule has 0 saturated carbocycles. The lowest BCUT2D eigenvalue weighted by molar-refractivity contribution is -0.131. The van der Waals surface area contributed by atoms with Crippen molar-refractivity contribution in [3.05, 3.63) is 59.2 Å². The number of benzene rings is 2. The van der Waals surface area contributed by atoms with Gasteiger partial charge in [0, 0.05) is 25.1 Å². The molecule has 0 fully saturated rings. The van der Waals surface area contributed by atoms with Crippen molar-refractivity contribution >= 4 is 14.3 Å². The van der Waals surface area contributed by atoms with Gasteiger partial charge in [-0.05, 0) is 66.9 Å². The Morgan fingerprint density at radius 3 is 2.30 bits per heavy atom. The average Bonchev–Trinajstić information content (AvgIpc) is 2.71. The molecule has 182 valence electrons. The van der Waals surface area contributed by atoms with Gasteiger partial charge in [-0.1, -0.05) is 39.0 Å². The number of aliphatic hydroxyl groups excluding tert-OH is 1. The fourth-order valence-corrected chi connectivity index (χ4v) is 4.57. The minimum Gasteiger partial charge on any atom is -0.508 e. The summed E-state index contributed by atoms with van der Waals surface area (Å²) in [6.07, 6.45) is 0.607. The van der Waals surface area contributed by atoms with Gasteiger partial charge >= 0.3 is 5.97 Å². The predicted octanol–water partition coefficient (Wildman–Crippen LogP) is 5.09. The second-order valence-electron chi connectivity index (χ2n) is 10.2. The van der Waals surface area contributed by atoms with Crippen LogP contribution in [0.1, 0.15) is 57.4 Å². The van der Waals surface area contributed by atoms with E-state index in [4.69, 9.17) is 9.16 Å². The molecule has 2 unspecified atom stereocenters. The Bertz CT molecular complexity index is 921. The van der Waals surface area contributed by atoms with Crippen LogP contribution in [0.15, 0.2) is 42.5 Å². The molecule has 0 bridgehead atoms. The molecule has 0 aliphatic carbocycles. The van der Waals surface area contributed by atoms with Crippen LogP contribution >= 0.6 is 0 Å². The number of carbonyl (C=O) groups excluding carboxylic acids is 1. The summed E-state index contributed by atoms with van der Waals surface area (Å²) in [5.74, 6) is 0.303. The molecule has 2 aromatic carbocycles. The summed E-state index contributed by atoms with van der Waals surface area (Å²) in [4.78, 5) is 11.1. The first-order valence-corrected chi connectivity index (χ1v) is 14.3. The third kappa shape index (κ3) is 7.96. The Morgan fingerprint density at radius 1 is 1.12 bits per heavy atom. The van der Waals surface area contributed by atoms with Crippen LogP contribution in [0.4, 0.5) is 0 Å². The van der Waals surface area contributed by atoms with Crippen LogP contribution in [0.5, 0.6) is 11.5 Å². The van der Waals surface area contributed by atoms with E-state index in [0.717, 1.165) is 17.5 Å². The fourth-order valence-electron chi connectivity index (χ4n) is 3.29. The van der Waals surface area contributed by atoms with E-state index >= 15 is 0 Å². The summed E-state index contributed by atoms with van der Waals surface area (Å²) >= 11 is 0. The Kier molecular flexibility index (Phi) is 9.26. The molecule has 0 radical (unpaired) electrons. The molecule has 0 spiro atoms. The van der Waals surface area contributed by atoms with Crippen LogP contribution in [0, 0.1) is 0 Å². The SMILES string of the molecule is CC(=O)Oc1ccc(CC(C)NCC(O[Si](C)(C)C(C)(C)C)c2ccc(O)c(CO)c2)cc1. The highest BCUT2D eigenvalue weighted by Crippen LogP contribution is 2.40. The molecule has 33 heavy (non-hydrogen) atoms. The van der Waals surface area contributed by atoms with Gasteiger partial charge in [0.25, 0.3) is 0 Å². The zero-order valence-corrected chi connectivity index (χ0v) is 21.9. The zero-order valence-electron chi connectivity index (χ0n) is 20.9. The first kappa shape index (κ1) is 27.1. The number of nitrogens with one attached hydrogen (secondary N) is 1. The van der Waals surface area contributed by atoms with Gasteiger partial charge in [0.1, 0.15) is 11.5 Å². The number of hydrogen-bond donors (Lipinski definition) is 3. The Hall–Kier alpha value is -2.19. The molecule has 0 amide bonds. The fraction of sp³-hybridized carbons (Fsp3) is 0.500. The zero-order chi connectivity index (χ0) is 24.8. The minimum absolute atomic E-state index is 0.0529. The number of phenols is 1. The highest BCUT2D eigenvalue weighted by molar-refractivity contribution is 6.74. The predicted molar refractivity (Wildman–Crippen MR) is 134 cm³/mol. The van der Waals surface area contributed by atoms with Crippen molar-refractivity contribution in [1.29, 1.82) is 0 Å². The summed E-state index contributed by atoms with van der Waals surface area (Å²) in [5.41, 5.74) is 2.57. The molecule has 2 rings (SSSR count). The van der Waals surface area contributed by atoms with Crippen LogP contribution in [0.3, 0.4) is 0 Å². The molecule has 0 aliphatic heterocycles. The van der Waals surface area contributed by atoms with Crippen LogP contribution in [-0.4, -0.2) is 37.1 Å².